The van der Waals surface area contributed by atoms with Crippen molar-refractivity contribution in [2.24, 2.45) is 22.7 Å². The van der Waals surface area contributed by atoms with E-state index in [1.54, 1.807) is 0 Å². The molecular formula is C16H26O2. The van der Waals surface area contributed by atoms with Crippen molar-refractivity contribution in [3.8, 4) is 0 Å². The van der Waals surface area contributed by atoms with Crippen molar-refractivity contribution in [2.45, 2.75) is 66.2 Å². The highest BCUT2D eigenvalue weighted by Crippen LogP contribution is 2.58. The third kappa shape index (κ3) is 1.53. The number of carbonyl (C=O) groups is 2. The minimum absolute atomic E-state index is 0.182. The van der Waals surface area contributed by atoms with Crippen LogP contribution in [0.25, 0.3) is 0 Å². The molecule has 0 aliphatic heterocycles. The molecule has 0 N–H and O–H groups in total. The van der Waals surface area contributed by atoms with Crippen molar-refractivity contribution in [3.63, 3.8) is 0 Å². The second-order valence-electron chi connectivity index (χ2n) is 6.35. The Kier molecular flexibility index (Phi) is 3.42. The summed E-state index contributed by atoms with van der Waals surface area (Å²) in [6.07, 6.45) is 5.50. The average Bonchev–Trinajstić information content (AvgIpc) is 2.83. The van der Waals surface area contributed by atoms with Crippen LogP contribution in [0.1, 0.15) is 66.2 Å². The van der Waals surface area contributed by atoms with Crippen LogP contribution in [-0.2, 0) is 9.59 Å². The summed E-state index contributed by atoms with van der Waals surface area (Å²) in [4.78, 5) is 25.4. The van der Waals surface area contributed by atoms with Crippen LogP contribution in [-0.4, -0.2) is 11.6 Å². The molecule has 0 aromatic rings. The van der Waals surface area contributed by atoms with Gasteiger partial charge in [0.05, 0.1) is 5.92 Å². The molecule has 2 fully saturated rings. The maximum Gasteiger partial charge on any atom is 0.149 e. The van der Waals surface area contributed by atoms with Crippen LogP contribution in [0, 0.1) is 22.7 Å². The van der Waals surface area contributed by atoms with Crippen molar-refractivity contribution in [2.75, 3.05) is 0 Å². The normalized spacial score (nSPS) is 32.9. The Morgan fingerprint density at radius 2 is 1.17 bits per heavy atom. The average molecular weight is 250 g/mol. The van der Waals surface area contributed by atoms with E-state index in [4.69, 9.17) is 0 Å². The third-order valence-corrected chi connectivity index (χ3v) is 6.09. The monoisotopic (exact) mass is 250 g/mol. The van der Waals surface area contributed by atoms with Crippen LogP contribution in [0.4, 0.5) is 0 Å². The number of fused-ring (bicyclic) bond motifs is 1. The van der Waals surface area contributed by atoms with Crippen LogP contribution >= 0.6 is 0 Å². The van der Waals surface area contributed by atoms with E-state index in [0.717, 1.165) is 38.5 Å². The van der Waals surface area contributed by atoms with E-state index >= 15 is 0 Å². The number of ketones is 2. The second kappa shape index (κ2) is 4.47. The molecule has 2 heteroatoms. The van der Waals surface area contributed by atoms with E-state index in [9.17, 15) is 9.59 Å². The zero-order valence-corrected chi connectivity index (χ0v) is 12.2. The van der Waals surface area contributed by atoms with E-state index in [1.807, 2.05) is 0 Å². The maximum absolute atomic E-state index is 12.7. The van der Waals surface area contributed by atoms with E-state index in [2.05, 4.69) is 27.7 Å². The molecule has 0 atom stereocenters. The van der Waals surface area contributed by atoms with Gasteiger partial charge in [-0.3, -0.25) is 9.59 Å². The first-order valence-electron chi connectivity index (χ1n) is 7.59. The van der Waals surface area contributed by atoms with Gasteiger partial charge in [-0.25, -0.2) is 0 Å². The Hall–Kier alpha value is -0.660. The summed E-state index contributed by atoms with van der Waals surface area (Å²) >= 11 is 0. The molecule has 0 aromatic carbocycles. The van der Waals surface area contributed by atoms with E-state index in [1.165, 1.54) is 0 Å². The van der Waals surface area contributed by atoms with Gasteiger partial charge in [-0.05, 0) is 44.4 Å². The molecule has 0 unspecified atom stereocenters. The number of rotatable bonds is 4. The Bertz CT molecular complexity index is 327. The summed E-state index contributed by atoms with van der Waals surface area (Å²) < 4.78 is 0. The summed E-state index contributed by atoms with van der Waals surface area (Å²) in [6, 6.07) is 0. The molecule has 2 nitrogen and oxygen atoms in total. The lowest BCUT2D eigenvalue weighted by Crippen LogP contribution is -2.35. The fourth-order valence-electron chi connectivity index (χ4n) is 4.49. The zero-order valence-electron chi connectivity index (χ0n) is 12.2. The summed E-state index contributed by atoms with van der Waals surface area (Å²) in [5.74, 6) is 0.618. The van der Waals surface area contributed by atoms with E-state index in [0.29, 0.717) is 5.92 Å². The molecule has 0 spiro atoms. The zero-order chi connectivity index (χ0) is 13.6. The number of Topliss-reactive ketones (excluding diaryl/α,β-unsaturated/α-hetero) is 2. The van der Waals surface area contributed by atoms with Gasteiger partial charge in [-0.15, -0.1) is 0 Å². The van der Waals surface area contributed by atoms with Crippen molar-refractivity contribution < 1.29 is 9.59 Å². The largest absolute Gasteiger partial charge is 0.298 e. The first-order valence-corrected chi connectivity index (χ1v) is 7.59. The highest BCUT2D eigenvalue weighted by Gasteiger charge is 2.62. The van der Waals surface area contributed by atoms with Crippen LogP contribution < -0.4 is 0 Å². The van der Waals surface area contributed by atoms with Crippen LogP contribution in [0.5, 0.6) is 0 Å². The smallest absolute Gasteiger partial charge is 0.149 e. The summed E-state index contributed by atoms with van der Waals surface area (Å²) in [6.45, 7) is 8.39. The highest BCUT2D eigenvalue weighted by atomic mass is 16.2. The van der Waals surface area contributed by atoms with Crippen LogP contribution in [0.2, 0.25) is 0 Å². The Morgan fingerprint density at radius 3 is 1.39 bits per heavy atom. The number of hydrogen-bond donors (Lipinski definition) is 0. The first kappa shape index (κ1) is 13.8. The molecule has 0 amide bonds. The van der Waals surface area contributed by atoms with Gasteiger partial charge in [-0.2, -0.15) is 0 Å². The summed E-state index contributed by atoms with van der Waals surface area (Å²) in [7, 11) is 0. The minimum Gasteiger partial charge on any atom is -0.298 e. The summed E-state index contributed by atoms with van der Waals surface area (Å²) in [5.41, 5.74) is -0.364. The molecule has 0 saturated heterocycles. The lowest BCUT2D eigenvalue weighted by Gasteiger charge is -2.30. The topological polar surface area (TPSA) is 34.1 Å². The van der Waals surface area contributed by atoms with Gasteiger partial charge < -0.3 is 0 Å². The van der Waals surface area contributed by atoms with Gasteiger partial charge in [0.15, 0.2) is 0 Å². The van der Waals surface area contributed by atoms with Crippen LogP contribution in [0.3, 0.4) is 0 Å². The molecule has 2 saturated carbocycles. The molecule has 2 aliphatic carbocycles. The molecule has 2 aliphatic rings. The predicted molar refractivity (Wildman–Crippen MR) is 72.3 cm³/mol. The van der Waals surface area contributed by atoms with Crippen LogP contribution in [0.15, 0.2) is 0 Å². The molecule has 0 aromatic heterocycles. The minimum atomic E-state index is -0.259. The lowest BCUT2D eigenvalue weighted by molar-refractivity contribution is -0.138. The van der Waals surface area contributed by atoms with Gasteiger partial charge in [0.2, 0.25) is 0 Å². The van der Waals surface area contributed by atoms with Gasteiger partial charge in [0.1, 0.15) is 11.6 Å². The van der Waals surface area contributed by atoms with Crippen molar-refractivity contribution in [1.29, 1.82) is 0 Å². The van der Waals surface area contributed by atoms with E-state index in [-0.39, 0.29) is 28.3 Å². The first-order chi connectivity index (χ1) is 8.50. The molecule has 102 valence electrons. The maximum atomic E-state index is 12.7. The standard InChI is InChI=1S/C16H26O2/c1-5-15(6-2)9-11-10-16(7-3,8-4)14(18)12(11)13(15)17/h11-12H,5-10H2,1-4H3. The van der Waals surface area contributed by atoms with Crippen molar-refractivity contribution >= 4 is 11.6 Å². The van der Waals surface area contributed by atoms with Gasteiger partial charge in [0.25, 0.3) is 0 Å². The quantitative estimate of drug-likeness (QED) is 0.712. The Balaban J connectivity index is 2.32. The Morgan fingerprint density at radius 1 is 0.833 bits per heavy atom. The van der Waals surface area contributed by atoms with Gasteiger partial charge in [0, 0.05) is 10.8 Å². The molecule has 0 heterocycles. The fraction of sp³-hybridized carbons (Fsp3) is 0.875. The third-order valence-electron chi connectivity index (χ3n) is 6.09. The number of carbonyl (C=O) groups excluding carboxylic acids is 2. The highest BCUT2D eigenvalue weighted by molar-refractivity contribution is 6.10. The molecule has 0 bridgehead atoms. The number of hydrogen-bond acceptors (Lipinski definition) is 2. The fourth-order valence-corrected chi connectivity index (χ4v) is 4.49. The molecular weight excluding hydrogens is 224 g/mol. The SMILES string of the molecule is CCC1(CC)CC2CC(CC)(CC)C(=O)C2C1=O. The lowest BCUT2D eigenvalue weighted by atomic mass is 9.72. The molecule has 0 radical (unpaired) electrons. The van der Waals surface area contributed by atoms with Gasteiger partial charge in [-0.1, -0.05) is 27.7 Å². The van der Waals surface area contributed by atoms with Gasteiger partial charge >= 0.3 is 0 Å². The molecule has 18 heavy (non-hydrogen) atoms. The van der Waals surface area contributed by atoms with Crippen molar-refractivity contribution in [3.05, 3.63) is 0 Å². The Labute approximate surface area is 111 Å². The van der Waals surface area contributed by atoms with E-state index < -0.39 is 0 Å². The second-order valence-corrected chi connectivity index (χ2v) is 6.35. The summed E-state index contributed by atoms with van der Waals surface area (Å²) in [5, 5.41) is 0. The van der Waals surface area contributed by atoms with Crippen molar-refractivity contribution in [1.82, 2.24) is 0 Å². The predicted octanol–water partition coefficient (Wildman–Crippen LogP) is 3.78. The molecule has 2 rings (SSSR count).